The molecule has 0 heterocycles. The average molecular weight is 505 g/mol. The largest absolute Gasteiger partial charge is 0.395 e. The van der Waals surface area contributed by atoms with Crippen molar-refractivity contribution in [3.05, 3.63) is 35.9 Å². The van der Waals surface area contributed by atoms with E-state index in [1.54, 1.807) is 13.8 Å². The molecule has 1 atom stereocenters. The fraction of sp³-hybridized carbons (Fsp3) is 0.733. The van der Waals surface area contributed by atoms with Crippen molar-refractivity contribution < 1.29 is 19.8 Å². The number of hydrogen-bond donors (Lipinski definition) is 3. The Kier molecular flexibility index (Phi) is 17.1. The Bertz CT molecular complexity index is 708. The van der Waals surface area contributed by atoms with Crippen LogP contribution in [0.3, 0.4) is 0 Å². The first-order chi connectivity index (χ1) is 17.4. The van der Waals surface area contributed by atoms with Gasteiger partial charge in [0.25, 0.3) is 0 Å². The lowest BCUT2D eigenvalue weighted by Crippen LogP contribution is -2.52. The number of nitrogens with one attached hydrogen (secondary N) is 1. The first kappa shape index (κ1) is 32.1. The van der Waals surface area contributed by atoms with Crippen LogP contribution in [-0.2, 0) is 9.59 Å². The second-order valence-electron chi connectivity index (χ2n) is 10.6. The Hall–Kier alpha value is -1.92. The molecule has 0 bridgehead atoms. The van der Waals surface area contributed by atoms with E-state index in [2.05, 4.69) is 12.2 Å². The van der Waals surface area contributed by atoms with Crippen LogP contribution >= 0.6 is 0 Å². The van der Waals surface area contributed by atoms with Crippen molar-refractivity contribution in [1.29, 1.82) is 0 Å². The van der Waals surface area contributed by atoms with Gasteiger partial charge in [-0.15, -0.1) is 0 Å². The zero-order valence-corrected chi connectivity index (χ0v) is 23.1. The lowest BCUT2D eigenvalue weighted by molar-refractivity contribution is -0.142. The minimum absolute atomic E-state index is 0.0871. The molecule has 6 heteroatoms. The SMILES string of the molecule is CCCCCCCCCCCCCCCC(=O)N(CCO)C(C(=O)NC(C)(C)CO)c1ccccc1. The van der Waals surface area contributed by atoms with Crippen molar-refractivity contribution >= 4 is 11.8 Å². The second-order valence-corrected chi connectivity index (χ2v) is 10.6. The van der Waals surface area contributed by atoms with Gasteiger partial charge in [0.05, 0.1) is 18.8 Å². The number of carbonyl (C=O) groups excluding carboxylic acids is 2. The Balaban J connectivity index is 2.51. The Morgan fingerprint density at radius 1 is 0.833 bits per heavy atom. The smallest absolute Gasteiger partial charge is 0.247 e. The zero-order chi connectivity index (χ0) is 26.7. The number of unbranched alkanes of at least 4 members (excludes halogenated alkanes) is 12. The fourth-order valence-electron chi connectivity index (χ4n) is 4.49. The fourth-order valence-corrected chi connectivity index (χ4v) is 4.49. The van der Waals surface area contributed by atoms with E-state index in [9.17, 15) is 19.8 Å². The Labute approximate surface area is 219 Å². The minimum atomic E-state index is -0.848. The molecule has 0 aliphatic carbocycles. The molecule has 2 amide bonds. The van der Waals surface area contributed by atoms with E-state index >= 15 is 0 Å². The summed E-state index contributed by atoms with van der Waals surface area (Å²) >= 11 is 0. The summed E-state index contributed by atoms with van der Waals surface area (Å²) in [6.07, 6.45) is 16.5. The van der Waals surface area contributed by atoms with Crippen LogP contribution in [-0.4, -0.2) is 52.2 Å². The summed E-state index contributed by atoms with van der Waals surface area (Å²) in [5.74, 6) is -0.481. The molecular weight excluding hydrogens is 452 g/mol. The number of hydrogen-bond acceptors (Lipinski definition) is 4. The van der Waals surface area contributed by atoms with E-state index in [0.717, 1.165) is 19.3 Å². The molecule has 206 valence electrons. The van der Waals surface area contributed by atoms with Gasteiger partial charge in [-0.1, -0.05) is 114 Å². The van der Waals surface area contributed by atoms with Gasteiger partial charge >= 0.3 is 0 Å². The molecule has 0 radical (unpaired) electrons. The first-order valence-corrected chi connectivity index (χ1v) is 14.2. The van der Waals surface area contributed by atoms with E-state index in [1.165, 1.54) is 69.1 Å². The van der Waals surface area contributed by atoms with E-state index in [4.69, 9.17) is 0 Å². The maximum atomic E-state index is 13.2. The molecule has 0 saturated heterocycles. The number of rotatable bonds is 21. The summed E-state index contributed by atoms with van der Waals surface area (Å²) in [4.78, 5) is 27.9. The van der Waals surface area contributed by atoms with Gasteiger partial charge in [0.15, 0.2) is 0 Å². The molecule has 1 unspecified atom stereocenters. The van der Waals surface area contributed by atoms with Crippen molar-refractivity contribution in [3.63, 3.8) is 0 Å². The van der Waals surface area contributed by atoms with Crippen molar-refractivity contribution in [2.24, 2.45) is 0 Å². The van der Waals surface area contributed by atoms with Crippen LogP contribution in [0.15, 0.2) is 30.3 Å². The van der Waals surface area contributed by atoms with Gasteiger partial charge in [0, 0.05) is 13.0 Å². The summed E-state index contributed by atoms with van der Waals surface area (Å²) in [5, 5.41) is 22.1. The van der Waals surface area contributed by atoms with Gasteiger partial charge in [-0.25, -0.2) is 0 Å². The van der Waals surface area contributed by atoms with Crippen molar-refractivity contribution in [3.8, 4) is 0 Å². The molecule has 1 rings (SSSR count). The van der Waals surface area contributed by atoms with E-state index in [1.807, 2.05) is 30.3 Å². The van der Waals surface area contributed by atoms with E-state index < -0.39 is 11.6 Å². The predicted molar refractivity (Wildman–Crippen MR) is 148 cm³/mol. The van der Waals surface area contributed by atoms with Crippen LogP contribution in [0.1, 0.15) is 122 Å². The van der Waals surface area contributed by atoms with Gasteiger partial charge in [-0.2, -0.15) is 0 Å². The highest BCUT2D eigenvalue weighted by Gasteiger charge is 2.33. The number of carbonyl (C=O) groups is 2. The normalized spacial score (nSPS) is 12.4. The van der Waals surface area contributed by atoms with Crippen molar-refractivity contribution in [1.82, 2.24) is 10.2 Å². The van der Waals surface area contributed by atoms with Gasteiger partial charge in [-0.05, 0) is 25.8 Å². The van der Waals surface area contributed by atoms with Crippen molar-refractivity contribution in [2.45, 2.75) is 122 Å². The number of aliphatic hydroxyl groups is 2. The second kappa shape index (κ2) is 19.2. The minimum Gasteiger partial charge on any atom is -0.395 e. The highest BCUT2D eigenvalue weighted by atomic mass is 16.3. The Morgan fingerprint density at radius 3 is 1.81 bits per heavy atom. The molecule has 3 N–H and O–H groups in total. The quantitative estimate of drug-likeness (QED) is 0.181. The summed E-state index contributed by atoms with van der Waals surface area (Å²) < 4.78 is 0. The van der Waals surface area contributed by atoms with Crippen LogP contribution in [0.4, 0.5) is 0 Å². The maximum absolute atomic E-state index is 13.2. The van der Waals surface area contributed by atoms with Crippen molar-refractivity contribution in [2.75, 3.05) is 19.8 Å². The topological polar surface area (TPSA) is 89.9 Å². The molecular formula is C30H52N2O4. The molecule has 1 aromatic rings. The molecule has 1 aromatic carbocycles. The average Bonchev–Trinajstić information content (AvgIpc) is 2.86. The molecule has 0 aromatic heterocycles. The van der Waals surface area contributed by atoms with Crippen LogP contribution in [0.5, 0.6) is 0 Å². The Morgan fingerprint density at radius 2 is 1.33 bits per heavy atom. The third-order valence-electron chi connectivity index (χ3n) is 6.69. The van der Waals surface area contributed by atoms with E-state index in [-0.39, 0.29) is 31.6 Å². The van der Waals surface area contributed by atoms with Gasteiger partial charge < -0.3 is 20.4 Å². The lowest BCUT2D eigenvalue weighted by Gasteiger charge is -2.34. The number of aliphatic hydroxyl groups excluding tert-OH is 2. The van der Waals surface area contributed by atoms with Gasteiger partial charge in [0.2, 0.25) is 11.8 Å². The molecule has 36 heavy (non-hydrogen) atoms. The van der Waals surface area contributed by atoms with Crippen LogP contribution in [0.2, 0.25) is 0 Å². The van der Waals surface area contributed by atoms with Gasteiger partial charge in [0.1, 0.15) is 6.04 Å². The summed E-state index contributed by atoms with van der Waals surface area (Å²) in [5.41, 5.74) is -0.122. The number of nitrogens with zero attached hydrogens (tertiary/aromatic N) is 1. The highest BCUT2D eigenvalue weighted by molar-refractivity contribution is 5.89. The number of amides is 2. The molecule has 0 fully saturated rings. The van der Waals surface area contributed by atoms with Crippen LogP contribution in [0, 0.1) is 0 Å². The standard InChI is InChI=1S/C30H52N2O4/c1-4-5-6-7-8-9-10-11-12-13-14-15-19-22-27(35)32(23-24-33)28(26-20-17-16-18-21-26)29(36)31-30(2,3)25-34/h16-18,20-21,28,33-34H,4-15,19,22-25H2,1-3H3,(H,31,36). The summed E-state index contributed by atoms with van der Waals surface area (Å²) in [6.45, 7) is 5.38. The molecule has 0 aliphatic rings. The predicted octanol–water partition coefficient (Wildman–Crippen LogP) is 5.92. The van der Waals surface area contributed by atoms with Gasteiger partial charge in [-0.3, -0.25) is 9.59 Å². The zero-order valence-electron chi connectivity index (χ0n) is 23.1. The molecule has 0 spiro atoms. The lowest BCUT2D eigenvalue weighted by atomic mass is 10.00. The highest BCUT2D eigenvalue weighted by Crippen LogP contribution is 2.24. The van der Waals surface area contributed by atoms with E-state index in [0.29, 0.717) is 12.0 Å². The van der Waals surface area contributed by atoms with Crippen LogP contribution in [0.25, 0.3) is 0 Å². The third kappa shape index (κ3) is 13.4. The maximum Gasteiger partial charge on any atom is 0.247 e. The molecule has 0 saturated carbocycles. The number of benzene rings is 1. The van der Waals surface area contributed by atoms with Crippen LogP contribution < -0.4 is 5.32 Å². The summed E-state index contributed by atoms with van der Waals surface area (Å²) in [6, 6.07) is 8.32. The molecule has 6 nitrogen and oxygen atoms in total. The molecule has 0 aliphatic heterocycles. The monoisotopic (exact) mass is 504 g/mol. The third-order valence-corrected chi connectivity index (χ3v) is 6.69. The summed E-state index contributed by atoms with van der Waals surface area (Å²) in [7, 11) is 0. The first-order valence-electron chi connectivity index (χ1n) is 14.2.